The van der Waals surface area contributed by atoms with Gasteiger partial charge in [-0.15, -0.1) is 0 Å². The zero-order chi connectivity index (χ0) is 20.3. The van der Waals surface area contributed by atoms with E-state index >= 15 is 0 Å². The minimum absolute atomic E-state index is 0.0218. The lowest BCUT2D eigenvalue weighted by atomic mass is 10.2. The van der Waals surface area contributed by atoms with E-state index in [0.717, 1.165) is 4.47 Å². The molecular formula is C18H16BrClN4O3S. The zero-order valence-electron chi connectivity index (χ0n) is 14.6. The summed E-state index contributed by atoms with van der Waals surface area (Å²) in [5.74, 6) is -0.282. The molecule has 0 spiro atoms. The van der Waals surface area contributed by atoms with Gasteiger partial charge in [0.25, 0.3) is 11.6 Å². The van der Waals surface area contributed by atoms with Crippen molar-refractivity contribution in [2.24, 2.45) is 0 Å². The van der Waals surface area contributed by atoms with Gasteiger partial charge in [0, 0.05) is 42.3 Å². The van der Waals surface area contributed by atoms with Crippen molar-refractivity contribution in [3.05, 3.63) is 67.6 Å². The molecule has 1 aliphatic heterocycles. The van der Waals surface area contributed by atoms with E-state index in [2.05, 4.69) is 21.2 Å². The molecule has 1 aliphatic rings. The number of hydrogen-bond acceptors (Lipinski definition) is 5. The number of nitrogens with zero attached hydrogens (tertiary/aromatic N) is 3. The van der Waals surface area contributed by atoms with Gasteiger partial charge in [-0.25, -0.2) is 0 Å². The molecule has 0 saturated carbocycles. The largest absolute Gasteiger partial charge is 0.361 e. The Morgan fingerprint density at radius 3 is 2.50 bits per heavy atom. The van der Waals surface area contributed by atoms with Crippen LogP contribution in [0, 0.1) is 10.1 Å². The molecule has 1 N–H and O–H groups in total. The minimum Gasteiger partial charge on any atom is -0.361 e. The number of thiocarbonyl (C=S) groups is 1. The van der Waals surface area contributed by atoms with Gasteiger partial charge in [0.1, 0.15) is 5.69 Å². The molecule has 3 rings (SSSR count). The maximum atomic E-state index is 12.4. The predicted octanol–water partition coefficient (Wildman–Crippen LogP) is 3.85. The molecular weight excluding hydrogens is 468 g/mol. The molecule has 2 aromatic rings. The number of nitro benzene ring substituents is 1. The van der Waals surface area contributed by atoms with Crippen LogP contribution in [-0.4, -0.2) is 47.0 Å². The number of nitrogens with one attached hydrogen (secondary N) is 1. The van der Waals surface area contributed by atoms with E-state index in [1.807, 2.05) is 15.9 Å². The second-order valence-corrected chi connectivity index (χ2v) is 7.82. The summed E-state index contributed by atoms with van der Waals surface area (Å²) in [5, 5.41) is 14.7. The molecule has 1 heterocycles. The van der Waals surface area contributed by atoms with Gasteiger partial charge in [0.05, 0.1) is 9.95 Å². The molecule has 146 valence electrons. The first-order valence-electron chi connectivity index (χ1n) is 8.40. The molecule has 10 heteroatoms. The smallest absolute Gasteiger partial charge is 0.294 e. The number of piperazine rings is 1. The number of halogens is 2. The van der Waals surface area contributed by atoms with Crippen LogP contribution in [0.5, 0.6) is 0 Å². The Morgan fingerprint density at radius 2 is 1.86 bits per heavy atom. The topological polar surface area (TPSA) is 78.7 Å². The van der Waals surface area contributed by atoms with Crippen LogP contribution < -0.4 is 10.2 Å². The maximum Gasteiger partial charge on any atom is 0.294 e. The lowest BCUT2D eigenvalue weighted by Gasteiger charge is -2.37. The van der Waals surface area contributed by atoms with Crippen LogP contribution in [-0.2, 0) is 0 Å². The third-order valence-electron chi connectivity index (χ3n) is 4.35. The van der Waals surface area contributed by atoms with E-state index in [9.17, 15) is 14.9 Å². The number of anilines is 1. The minimum atomic E-state index is -0.434. The van der Waals surface area contributed by atoms with Crippen molar-refractivity contribution in [1.82, 2.24) is 10.2 Å². The number of carbonyl (C=O) groups is 1. The summed E-state index contributed by atoms with van der Waals surface area (Å²) >= 11 is 14.9. The van der Waals surface area contributed by atoms with Gasteiger partial charge in [0.2, 0.25) is 0 Å². The van der Waals surface area contributed by atoms with Gasteiger partial charge >= 0.3 is 0 Å². The molecule has 1 saturated heterocycles. The summed E-state index contributed by atoms with van der Waals surface area (Å²) < 4.78 is 0.806. The van der Waals surface area contributed by atoms with Gasteiger partial charge in [0.15, 0.2) is 5.11 Å². The molecule has 0 radical (unpaired) electrons. The van der Waals surface area contributed by atoms with Crippen LogP contribution in [0.1, 0.15) is 10.4 Å². The third-order valence-corrected chi connectivity index (χ3v) is 5.51. The van der Waals surface area contributed by atoms with E-state index in [1.54, 1.807) is 30.3 Å². The van der Waals surface area contributed by atoms with E-state index in [4.69, 9.17) is 23.8 Å². The molecule has 0 aliphatic carbocycles. The Kier molecular flexibility index (Phi) is 6.48. The van der Waals surface area contributed by atoms with Crippen LogP contribution in [0.3, 0.4) is 0 Å². The predicted molar refractivity (Wildman–Crippen MR) is 116 cm³/mol. The van der Waals surface area contributed by atoms with E-state index in [-0.39, 0.29) is 11.6 Å². The summed E-state index contributed by atoms with van der Waals surface area (Å²) in [7, 11) is 0. The lowest BCUT2D eigenvalue weighted by Crippen LogP contribution is -2.52. The van der Waals surface area contributed by atoms with Crippen molar-refractivity contribution < 1.29 is 9.72 Å². The Balaban J connectivity index is 1.64. The monoisotopic (exact) mass is 482 g/mol. The molecule has 7 nitrogen and oxygen atoms in total. The molecule has 0 aromatic heterocycles. The highest BCUT2D eigenvalue weighted by Gasteiger charge is 2.27. The number of benzene rings is 2. The van der Waals surface area contributed by atoms with Gasteiger partial charge in [-0.05, 0) is 36.5 Å². The van der Waals surface area contributed by atoms with Gasteiger partial charge < -0.3 is 9.80 Å². The zero-order valence-corrected chi connectivity index (χ0v) is 17.8. The van der Waals surface area contributed by atoms with Crippen LogP contribution in [0.25, 0.3) is 0 Å². The number of carbonyl (C=O) groups excluding carboxylic acids is 1. The second-order valence-electron chi connectivity index (χ2n) is 6.11. The molecule has 1 fully saturated rings. The number of hydrogen-bond donors (Lipinski definition) is 1. The average Bonchev–Trinajstić information content (AvgIpc) is 2.67. The average molecular weight is 484 g/mol. The van der Waals surface area contributed by atoms with Crippen molar-refractivity contribution in [3.63, 3.8) is 0 Å². The maximum absolute atomic E-state index is 12.4. The SMILES string of the molecule is O=C(NC(=S)N1CCN(c2c(Cl)cccc2[N+](=O)[O-])CC1)c1cccc(Br)c1. The normalized spacial score (nSPS) is 13.9. The van der Waals surface area contributed by atoms with Gasteiger partial charge in [-0.1, -0.05) is 39.7 Å². The number of nitro groups is 1. The van der Waals surface area contributed by atoms with Crippen LogP contribution >= 0.6 is 39.7 Å². The van der Waals surface area contributed by atoms with Crippen molar-refractivity contribution in [1.29, 1.82) is 0 Å². The van der Waals surface area contributed by atoms with Crippen LogP contribution in [0.2, 0.25) is 5.02 Å². The first-order chi connectivity index (χ1) is 13.4. The van der Waals surface area contributed by atoms with Crippen molar-refractivity contribution in [3.8, 4) is 0 Å². The Hall–Kier alpha value is -2.23. The summed E-state index contributed by atoms with van der Waals surface area (Å²) in [6, 6.07) is 11.7. The molecule has 2 aromatic carbocycles. The number of amides is 1. The fraction of sp³-hybridized carbons (Fsp3) is 0.222. The summed E-state index contributed by atoms with van der Waals surface area (Å²) in [6.45, 7) is 2.02. The van der Waals surface area contributed by atoms with Gasteiger partial charge in [-0.2, -0.15) is 0 Å². The Labute approximate surface area is 180 Å². The third kappa shape index (κ3) is 4.60. The quantitative estimate of drug-likeness (QED) is 0.406. The highest BCUT2D eigenvalue weighted by molar-refractivity contribution is 9.10. The van der Waals surface area contributed by atoms with Crippen molar-refractivity contribution >= 4 is 62.1 Å². The Bertz CT molecular complexity index is 935. The molecule has 1 amide bonds. The highest BCUT2D eigenvalue weighted by Crippen LogP contribution is 2.35. The summed E-state index contributed by atoms with van der Waals surface area (Å²) in [5.41, 5.74) is 0.895. The van der Waals surface area contributed by atoms with E-state index in [0.29, 0.717) is 47.6 Å². The van der Waals surface area contributed by atoms with Crippen LogP contribution in [0.15, 0.2) is 46.9 Å². The molecule has 0 bridgehead atoms. The summed E-state index contributed by atoms with van der Waals surface area (Å²) in [4.78, 5) is 27.0. The lowest BCUT2D eigenvalue weighted by molar-refractivity contribution is -0.384. The van der Waals surface area contributed by atoms with E-state index < -0.39 is 4.92 Å². The van der Waals surface area contributed by atoms with Gasteiger partial charge in [-0.3, -0.25) is 20.2 Å². The standard InChI is InChI=1S/C18H16BrClN4O3S/c19-13-4-1-3-12(11-13)17(25)21-18(28)23-9-7-22(8-10-23)16-14(20)5-2-6-15(16)24(26)27/h1-6,11H,7-10H2,(H,21,25,28). The van der Waals surface area contributed by atoms with E-state index in [1.165, 1.54) is 6.07 Å². The van der Waals surface area contributed by atoms with Crippen molar-refractivity contribution in [2.45, 2.75) is 0 Å². The Morgan fingerprint density at radius 1 is 1.18 bits per heavy atom. The molecule has 0 atom stereocenters. The number of rotatable bonds is 3. The molecule has 0 unspecified atom stereocenters. The highest BCUT2D eigenvalue weighted by atomic mass is 79.9. The fourth-order valence-electron chi connectivity index (χ4n) is 2.98. The summed E-state index contributed by atoms with van der Waals surface area (Å²) in [6.07, 6.45) is 0. The molecule has 28 heavy (non-hydrogen) atoms. The first kappa shape index (κ1) is 20.5. The number of para-hydroxylation sites is 1. The second kappa shape index (κ2) is 8.85. The van der Waals surface area contributed by atoms with Crippen LogP contribution in [0.4, 0.5) is 11.4 Å². The first-order valence-corrected chi connectivity index (χ1v) is 9.98. The fourth-order valence-corrected chi connectivity index (χ4v) is 3.94. The van der Waals surface area contributed by atoms with Crippen molar-refractivity contribution in [2.75, 3.05) is 31.1 Å².